The van der Waals surface area contributed by atoms with E-state index in [9.17, 15) is 0 Å². The fourth-order valence-electron chi connectivity index (χ4n) is 7.67. The molecule has 0 aliphatic carbocycles. The molecule has 0 spiro atoms. The third-order valence-corrected chi connectivity index (χ3v) is 9.90. The van der Waals surface area contributed by atoms with Crippen LogP contribution in [-0.2, 0) is 5.41 Å². The van der Waals surface area contributed by atoms with E-state index in [1.54, 1.807) is 6.26 Å². The zero-order valence-electron chi connectivity index (χ0n) is 26.3. The molecular weight excluding hydrogens is 576 g/mol. The number of hydrogen-bond acceptors (Lipinski definition) is 3. The molecule has 0 saturated carbocycles. The summed E-state index contributed by atoms with van der Waals surface area (Å²) in [7, 11) is 0. The number of hydrogen-bond donors (Lipinski definition) is 0. The van der Waals surface area contributed by atoms with Crippen molar-refractivity contribution in [3.63, 3.8) is 0 Å². The van der Waals surface area contributed by atoms with Crippen molar-refractivity contribution >= 4 is 76.4 Å². The highest BCUT2D eigenvalue weighted by atomic mass is 16.3. The average Bonchev–Trinajstić information content (AvgIpc) is 3.80. The van der Waals surface area contributed by atoms with E-state index in [2.05, 4.69) is 136 Å². The van der Waals surface area contributed by atoms with E-state index < -0.39 is 0 Å². The topological polar surface area (TPSA) is 39.4 Å². The Labute approximate surface area is 270 Å². The van der Waals surface area contributed by atoms with E-state index in [-0.39, 0.29) is 5.41 Å². The standard InChI is InChI=1S/C44H30O3/c1-44(2,3)26-18-19-36-33(22-26)34-23-39-35(24-38(34)46-36)42-31(15-9-17-37(42)47-39)40-27-11-4-6-13-29(27)41(30-14-7-5-12-28(30)40)32-16-8-10-25-20-21-45-43(25)32/h4-24H,1-3H3. The summed E-state index contributed by atoms with van der Waals surface area (Å²) in [4.78, 5) is 0. The minimum atomic E-state index is 0.0434. The van der Waals surface area contributed by atoms with Gasteiger partial charge in [-0.3, -0.25) is 0 Å². The summed E-state index contributed by atoms with van der Waals surface area (Å²) >= 11 is 0. The first-order valence-electron chi connectivity index (χ1n) is 16.2. The van der Waals surface area contributed by atoms with Crippen molar-refractivity contribution in [2.75, 3.05) is 0 Å². The van der Waals surface area contributed by atoms with Crippen LogP contribution in [0.15, 0.2) is 141 Å². The van der Waals surface area contributed by atoms with Crippen molar-refractivity contribution in [1.82, 2.24) is 0 Å². The van der Waals surface area contributed by atoms with Crippen molar-refractivity contribution in [3.8, 4) is 22.3 Å². The lowest BCUT2D eigenvalue weighted by molar-refractivity contribution is 0.590. The normalized spacial score (nSPS) is 12.6. The summed E-state index contributed by atoms with van der Waals surface area (Å²) in [5.74, 6) is 0. The Balaban J connectivity index is 1.31. The lowest BCUT2D eigenvalue weighted by Crippen LogP contribution is -2.10. The van der Waals surface area contributed by atoms with Crippen molar-refractivity contribution in [2.45, 2.75) is 26.2 Å². The number of furan rings is 3. The van der Waals surface area contributed by atoms with Crippen LogP contribution in [0, 0.1) is 0 Å². The van der Waals surface area contributed by atoms with Gasteiger partial charge in [-0.15, -0.1) is 0 Å². The largest absolute Gasteiger partial charge is 0.464 e. The Morgan fingerprint density at radius 1 is 0.447 bits per heavy atom. The van der Waals surface area contributed by atoms with Crippen LogP contribution in [-0.4, -0.2) is 0 Å². The summed E-state index contributed by atoms with van der Waals surface area (Å²) in [5.41, 5.74) is 10.3. The zero-order chi connectivity index (χ0) is 31.4. The maximum atomic E-state index is 6.64. The smallest absolute Gasteiger partial charge is 0.141 e. The van der Waals surface area contributed by atoms with Crippen LogP contribution < -0.4 is 0 Å². The first kappa shape index (κ1) is 26.4. The molecule has 10 rings (SSSR count). The van der Waals surface area contributed by atoms with Gasteiger partial charge in [0.15, 0.2) is 0 Å². The predicted octanol–water partition coefficient (Wildman–Crippen LogP) is 13.2. The molecule has 3 aromatic heterocycles. The molecule has 0 saturated heterocycles. The lowest BCUT2D eigenvalue weighted by atomic mass is 9.84. The van der Waals surface area contributed by atoms with Gasteiger partial charge in [0.2, 0.25) is 0 Å². The van der Waals surface area contributed by atoms with Gasteiger partial charge < -0.3 is 13.3 Å². The van der Waals surface area contributed by atoms with Gasteiger partial charge in [0.05, 0.1) is 6.26 Å². The van der Waals surface area contributed by atoms with Gasteiger partial charge >= 0.3 is 0 Å². The highest BCUT2D eigenvalue weighted by Gasteiger charge is 2.23. The molecule has 0 radical (unpaired) electrons. The van der Waals surface area contributed by atoms with Gasteiger partial charge in [0.1, 0.15) is 27.9 Å². The molecule has 3 heterocycles. The van der Waals surface area contributed by atoms with E-state index in [4.69, 9.17) is 13.3 Å². The van der Waals surface area contributed by atoms with E-state index in [0.717, 1.165) is 66.0 Å². The van der Waals surface area contributed by atoms with Crippen LogP contribution >= 0.6 is 0 Å². The Kier molecular flexibility index (Phi) is 5.27. The molecule has 0 N–H and O–H groups in total. The van der Waals surface area contributed by atoms with Gasteiger partial charge in [0.25, 0.3) is 0 Å². The number of benzene rings is 7. The SMILES string of the molecule is CC(C)(C)c1ccc2oc3cc4c(cc3c2c1)oc1cccc(-c2c3ccccc3c(-c3cccc5ccoc35)c3ccccc23)c14. The van der Waals surface area contributed by atoms with Gasteiger partial charge in [-0.2, -0.15) is 0 Å². The Morgan fingerprint density at radius 3 is 1.77 bits per heavy atom. The Bertz CT molecular complexity index is 2830. The molecule has 224 valence electrons. The van der Waals surface area contributed by atoms with Gasteiger partial charge in [-0.25, -0.2) is 0 Å². The molecule has 10 aromatic rings. The fourth-order valence-corrected chi connectivity index (χ4v) is 7.67. The van der Waals surface area contributed by atoms with Crippen molar-refractivity contribution < 1.29 is 13.3 Å². The van der Waals surface area contributed by atoms with Gasteiger partial charge in [-0.1, -0.05) is 106 Å². The molecule has 0 aliphatic rings. The van der Waals surface area contributed by atoms with Crippen LogP contribution in [0.3, 0.4) is 0 Å². The van der Waals surface area contributed by atoms with E-state index in [1.807, 2.05) is 6.07 Å². The van der Waals surface area contributed by atoms with Crippen molar-refractivity contribution in [2.24, 2.45) is 0 Å². The average molecular weight is 607 g/mol. The number of rotatable bonds is 2. The van der Waals surface area contributed by atoms with Crippen LogP contribution in [0.1, 0.15) is 26.3 Å². The van der Waals surface area contributed by atoms with Crippen LogP contribution in [0.2, 0.25) is 0 Å². The first-order chi connectivity index (χ1) is 22.9. The second kappa shape index (κ2) is 9.37. The molecular formula is C44H30O3. The minimum Gasteiger partial charge on any atom is -0.464 e. The highest BCUT2D eigenvalue weighted by molar-refractivity contribution is 6.27. The Morgan fingerprint density at radius 2 is 1.04 bits per heavy atom. The quantitative estimate of drug-likeness (QED) is 0.184. The molecule has 0 unspecified atom stereocenters. The molecule has 3 nitrogen and oxygen atoms in total. The molecule has 3 heteroatoms. The summed E-state index contributed by atoms with van der Waals surface area (Å²) in [6, 6.07) is 43.2. The van der Waals surface area contributed by atoms with Crippen LogP contribution in [0.4, 0.5) is 0 Å². The van der Waals surface area contributed by atoms with Crippen molar-refractivity contribution in [3.05, 3.63) is 133 Å². The van der Waals surface area contributed by atoms with Crippen LogP contribution in [0.5, 0.6) is 0 Å². The minimum absolute atomic E-state index is 0.0434. The fraction of sp³-hybridized carbons (Fsp3) is 0.0909. The molecule has 0 aliphatic heterocycles. The van der Waals surface area contributed by atoms with E-state index in [0.29, 0.717) is 0 Å². The first-order valence-corrected chi connectivity index (χ1v) is 16.2. The lowest BCUT2D eigenvalue weighted by Gasteiger charge is -2.18. The predicted molar refractivity (Wildman–Crippen MR) is 195 cm³/mol. The highest BCUT2D eigenvalue weighted by Crippen LogP contribution is 2.48. The third kappa shape index (κ3) is 3.74. The molecule has 7 aromatic carbocycles. The van der Waals surface area contributed by atoms with Gasteiger partial charge in [0, 0.05) is 38.1 Å². The molecule has 0 bridgehead atoms. The molecule has 0 atom stereocenters. The second-order valence-corrected chi connectivity index (χ2v) is 13.7. The monoisotopic (exact) mass is 606 g/mol. The molecule has 0 amide bonds. The summed E-state index contributed by atoms with van der Waals surface area (Å²) in [6.07, 6.45) is 1.78. The third-order valence-electron chi connectivity index (χ3n) is 9.90. The Hall–Kier alpha value is -5.80. The molecule has 47 heavy (non-hydrogen) atoms. The second-order valence-electron chi connectivity index (χ2n) is 13.7. The maximum absolute atomic E-state index is 6.64. The van der Waals surface area contributed by atoms with Crippen molar-refractivity contribution in [1.29, 1.82) is 0 Å². The zero-order valence-corrected chi connectivity index (χ0v) is 26.3. The van der Waals surface area contributed by atoms with E-state index >= 15 is 0 Å². The summed E-state index contributed by atoms with van der Waals surface area (Å²) in [6.45, 7) is 6.73. The molecule has 0 fully saturated rings. The van der Waals surface area contributed by atoms with Gasteiger partial charge in [-0.05, 0) is 80.0 Å². The maximum Gasteiger partial charge on any atom is 0.141 e. The number of fused-ring (bicyclic) bond motifs is 9. The summed E-state index contributed by atoms with van der Waals surface area (Å²) < 4.78 is 19.2. The number of para-hydroxylation sites is 1. The summed E-state index contributed by atoms with van der Waals surface area (Å²) in [5, 5.41) is 10.2. The van der Waals surface area contributed by atoms with Crippen LogP contribution in [0.25, 0.3) is 98.6 Å². The van der Waals surface area contributed by atoms with E-state index in [1.165, 1.54) is 38.2 Å².